The zero-order chi connectivity index (χ0) is 15.2. The highest BCUT2D eigenvalue weighted by atomic mass is 32.2. The van der Waals surface area contributed by atoms with E-state index in [4.69, 9.17) is 4.74 Å². The van der Waals surface area contributed by atoms with E-state index < -0.39 is 10.0 Å². The predicted molar refractivity (Wildman–Crippen MR) is 81.4 cm³/mol. The topological polar surface area (TPSA) is 75.9 Å². The van der Waals surface area contributed by atoms with Crippen molar-refractivity contribution in [3.05, 3.63) is 11.6 Å². The van der Waals surface area contributed by atoms with Crippen molar-refractivity contribution in [3.8, 4) is 0 Å². The molecule has 3 heterocycles. The molecule has 116 valence electrons. The van der Waals surface area contributed by atoms with Gasteiger partial charge in [0, 0.05) is 31.2 Å². The summed E-state index contributed by atoms with van der Waals surface area (Å²) >= 11 is 1.41. The van der Waals surface area contributed by atoms with E-state index in [0.717, 1.165) is 0 Å². The van der Waals surface area contributed by atoms with Crippen LogP contribution in [0.15, 0.2) is 16.6 Å². The maximum Gasteiger partial charge on any atom is 0.263 e. The number of aromatic nitrogens is 2. The summed E-state index contributed by atoms with van der Waals surface area (Å²) in [6.07, 6.45) is 1.62. The van der Waals surface area contributed by atoms with Crippen LogP contribution in [0.5, 0.6) is 0 Å². The van der Waals surface area contributed by atoms with Crippen LogP contribution in [0.4, 0.5) is 5.82 Å². The van der Waals surface area contributed by atoms with Gasteiger partial charge in [0.15, 0.2) is 15.8 Å². The Morgan fingerprint density at radius 1 is 1.48 bits per heavy atom. The standard InChI is InChI=1S/C12H18N4O3S2/c1-8-7-19-9(2)6-16(8)21(17,18)11-10(13-3)14-12-15(11)4-5-20-12/h4-5,8-9,13H,6-7H2,1-3H3. The number of anilines is 1. The van der Waals surface area contributed by atoms with E-state index in [-0.39, 0.29) is 17.2 Å². The molecule has 7 nitrogen and oxygen atoms in total. The van der Waals surface area contributed by atoms with Crippen LogP contribution in [0.25, 0.3) is 4.96 Å². The van der Waals surface area contributed by atoms with Gasteiger partial charge in [-0.15, -0.1) is 11.3 Å². The fraction of sp³-hybridized carbons (Fsp3) is 0.583. The molecule has 2 aromatic rings. The molecule has 2 unspecified atom stereocenters. The molecule has 0 aliphatic carbocycles. The van der Waals surface area contributed by atoms with Crippen LogP contribution in [0.3, 0.4) is 0 Å². The number of hydrogen-bond acceptors (Lipinski definition) is 6. The van der Waals surface area contributed by atoms with E-state index in [1.54, 1.807) is 17.6 Å². The summed E-state index contributed by atoms with van der Waals surface area (Å²) in [6.45, 7) is 4.49. The summed E-state index contributed by atoms with van der Waals surface area (Å²) in [5.74, 6) is 0.383. The molecule has 2 aromatic heterocycles. The summed E-state index contributed by atoms with van der Waals surface area (Å²) in [7, 11) is -1.96. The van der Waals surface area contributed by atoms with Crippen LogP contribution >= 0.6 is 11.3 Å². The van der Waals surface area contributed by atoms with Gasteiger partial charge in [-0.2, -0.15) is 4.31 Å². The number of hydrogen-bond donors (Lipinski definition) is 1. The molecule has 1 N–H and O–H groups in total. The van der Waals surface area contributed by atoms with Crippen LogP contribution in [-0.2, 0) is 14.8 Å². The predicted octanol–water partition coefficient (Wildman–Crippen LogP) is 1.24. The molecule has 0 spiro atoms. The van der Waals surface area contributed by atoms with Gasteiger partial charge >= 0.3 is 0 Å². The molecule has 1 saturated heterocycles. The van der Waals surface area contributed by atoms with Crippen molar-refractivity contribution in [2.45, 2.75) is 31.0 Å². The fourth-order valence-electron chi connectivity index (χ4n) is 2.49. The van der Waals surface area contributed by atoms with Gasteiger partial charge in [-0.3, -0.25) is 4.40 Å². The average molecular weight is 330 g/mol. The van der Waals surface area contributed by atoms with Crippen LogP contribution < -0.4 is 5.32 Å². The molecule has 21 heavy (non-hydrogen) atoms. The summed E-state index contributed by atoms with van der Waals surface area (Å²) in [4.78, 5) is 4.99. The molecule has 3 rings (SSSR count). The Hall–Kier alpha value is -1.16. The van der Waals surface area contributed by atoms with Gasteiger partial charge in [-0.1, -0.05) is 0 Å². The van der Waals surface area contributed by atoms with E-state index >= 15 is 0 Å². The number of morpholine rings is 1. The lowest BCUT2D eigenvalue weighted by Crippen LogP contribution is -2.50. The summed E-state index contributed by atoms with van der Waals surface area (Å²) in [5.41, 5.74) is 0. The van der Waals surface area contributed by atoms with Crippen molar-refractivity contribution >= 4 is 32.1 Å². The zero-order valence-electron chi connectivity index (χ0n) is 12.1. The summed E-state index contributed by atoms with van der Waals surface area (Å²) in [6, 6.07) is -0.194. The molecule has 2 atom stereocenters. The third-order valence-electron chi connectivity index (χ3n) is 3.56. The molecule has 0 saturated carbocycles. The molecule has 0 amide bonds. The second kappa shape index (κ2) is 5.24. The lowest BCUT2D eigenvalue weighted by Gasteiger charge is -2.35. The fourth-order valence-corrected chi connectivity index (χ4v) is 5.22. The first kappa shape index (κ1) is 14.8. The number of fused-ring (bicyclic) bond motifs is 1. The minimum atomic E-state index is -3.64. The molecule has 1 aliphatic heterocycles. The Bertz CT molecular complexity index is 752. The second-order valence-electron chi connectivity index (χ2n) is 5.14. The highest BCUT2D eigenvalue weighted by Gasteiger charge is 2.38. The highest BCUT2D eigenvalue weighted by molar-refractivity contribution is 7.89. The van der Waals surface area contributed by atoms with Crippen molar-refractivity contribution in [1.82, 2.24) is 13.7 Å². The normalized spacial score (nSPS) is 24.5. The van der Waals surface area contributed by atoms with Gasteiger partial charge in [0.05, 0.1) is 12.7 Å². The van der Waals surface area contributed by atoms with Gasteiger partial charge < -0.3 is 10.1 Å². The number of sulfonamides is 1. The zero-order valence-corrected chi connectivity index (χ0v) is 13.7. The second-order valence-corrected chi connectivity index (χ2v) is 7.82. The van der Waals surface area contributed by atoms with Crippen molar-refractivity contribution in [2.24, 2.45) is 0 Å². The summed E-state index contributed by atoms with van der Waals surface area (Å²) in [5, 5.41) is 4.90. The van der Waals surface area contributed by atoms with Gasteiger partial charge in [-0.05, 0) is 13.8 Å². The first-order valence-corrected chi connectivity index (χ1v) is 9.04. The quantitative estimate of drug-likeness (QED) is 0.916. The van der Waals surface area contributed by atoms with E-state index in [2.05, 4.69) is 10.3 Å². The molecular formula is C12H18N4O3S2. The number of nitrogens with zero attached hydrogens (tertiary/aromatic N) is 3. The SMILES string of the molecule is CNc1nc2sccn2c1S(=O)(=O)N1CC(C)OCC1C. The molecular weight excluding hydrogens is 312 g/mol. The van der Waals surface area contributed by atoms with E-state index in [0.29, 0.717) is 23.9 Å². The van der Waals surface area contributed by atoms with Crippen LogP contribution in [0, 0.1) is 0 Å². The first-order chi connectivity index (χ1) is 9.95. The first-order valence-electron chi connectivity index (χ1n) is 6.72. The molecule has 0 aromatic carbocycles. The third kappa shape index (κ3) is 2.33. The Morgan fingerprint density at radius 3 is 2.95 bits per heavy atom. The van der Waals surface area contributed by atoms with Gasteiger partial charge in [0.1, 0.15) is 0 Å². The van der Waals surface area contributed by atoms with Gasteiger partial charge in [-0.25, -0.2) is 13.4 Å². The number of imidazole rings is 1. The summed E-state index contributed by atoms with van der Waals surface area (Å²) < 4.78 is 34.8. The molecule has 0 bridgehead atoms. The Labute approximate surface area is 127 Å². The van der Waals surface area contributed by atoms with Crippen LogP contribution in [0.2, 0.25) is 0 Å². The monoisotopic (exact) mass is 330 g/mol. The van der Waals surface area contributed by atoms with E-state index in [1.165, 1.54) is 15.6 Å². The number of thiazole rings is 1. The van der Waals surface area contributed by atoms with Crippen molar-refractivity contribution in [1.29, 1.82) is 0 Å². The maximum absolute atomic E-state index is 13.1. The Morgan fingerprint density at radius 2 is 2.24 bits per heavy atom. The largest absolute Gasteiger partial charge is 0.375 e. The Kier molecular flexibility index (Phi) is 3.68. The van der Waals surface area contributed by atoms with Gasteiger partial charge in [0.2, 0.25) is 0 Å². The van der Waals surface area contributed by atoms with E-state index in [9.17, 15) is 8.42 Å². The number of ether oxygens (including phenoxy) is 1. The minimum Gasteiger partial charge on any atom is -0.375 e. The van der Waals surface area contributed by atoms with Crippen molar-refractivity contribution in [3.63, 3.8) is 0 Å². The lowest BCUT2D eigenvalue weighted by atomic mass is 10.2. The average Bonchev–Trinajstić information content (AvgIpc) is 3.00. The molecule has 9 heteroatoms. The van der Waals surface area contributed by atoms with Crippen molar-refractivity contribution in [2.75, 3.05) is 25.5 Å². The molecule has 0 radical (unpaired) electrons. The van der Waals surface area contributed by atoms with Crippen LogP contribution in [-0.4, -0.2) is 54.5 Å². The highest BCUT2D eigenvalue weighted by Crippen LogP contribution is 2.30. The molecule has 1 fully saturated rings. The van der Waals surface area contributed by atoms with E-state index in [1.807, 2.05) is 19.2 Å². The Balaban J connectivity index is 2.13. The third-order valence-corrected chi connectivity index (χ3v) is 6.32. The molecule has 1 aliphatic rings. The maximum atomic E-state index is 13.1. The smallest absolute Gasteiger partial charge is 0.263 e. The number of rotatable bonds is 3. The van der Waals surface area contributed by atoms with Crippen LogP contribution in [0.1, 0.15) is 13.8 Å². The minimum absolute atomic E-state index is 0.111. The van der Waals surface area contributed by atoms with Gasteiger partial charge in [0.25, 0.3) is 10.0 Å². The number of nitrogens with one attached hydrogen (secondary N) is 1. The van der Waals surface area contributed by atoms with Crippen molar-refractivity contribution < 1.29 is 13.2 Å². The lowest BCUT2D eigenvalue weighted by molar-refractivity contribution is -0.0171.